The molecule has 5 nitrogen and oxygen atoms in total. The van der Waals surface area contributed by atoms with Gasteiger partial charge in [-0.15, -0.1) is 5.10 Å². The maximum atomic E-state index is 4.40. The molecular formula is C13H17N5. The molecule has 0 bridgehead atoms. The standard InChI is InChI=1S/C13H17N5/c1-11-13(14-10-17(2)3)18(16-15-11)9-12-7-5-4-6-8-12/h4-8,10H,9H2,1-3H3/b14-10+. The van der Waals surface area contributed by atoms with Crippen LogP contribution in [0.1, 0.15) is 11.3 Å². The number of hydrogen-bond acceptors (Lipinski definition) is 3. The highest BCUT2D eigenvalue weighted by atomic mass is 15.5. The molecule has 2 rings (SSSR count). The van der Waals surface area contributed by atoms with Crippen molar-refractivity contribution in [1.29, 1.82) is 0 Å². The normalized spacial score (nSPS) is 11.1. The summed E-state index contributed by atoms with van der Waals surface area (Å²) in [5.74, 6) is 0.799. The second-order valence-electron chi connectivity index (χ2n) is 4.35. The number of rotatable bonds is 4. The molecule has 0 spiro atoms. The van der Waals surface area contributed by atoms with Gasteiger partial charge in [-0.1, -0.05) is 35.5 Å². The number of aromatic nitrogens is 3. The van der Waals surface area contributed by atoms with Gasteiger partial charge in [0.1, 0.15) is 5.69 Å². The molecule has 0 amide bonds. The van der Waals surface area contributed by atoms with Gasteiger partial charge in [0.25, 0.3) is 0 Å². The van der Waals surface area contributed by atoms with Crippen molar-refractivity contribution in [3.63, 3.8) is 0 Å². The quantitative estimate of drug-likeness (QED) is 0.608. The molecule has 0 aliphatic rings. The second-order valence-corrected chi connectivity index (χ2v) is 4.35. The van der Waals surface area contributed by atoms with E-state index in [0.29, 0.717) is 6.54 Å². The van der Waals surface area contributed by atoms with Crippen molar-refractivity contribution in [3.05, 3.63) is 41.6 Å². The fourth-order valence-electron chi connectivity index (χ4n) is 1.59. The minimum atomic E-state index is 0.682. The molecule has 0 saturated carbocycles. The van der Waals surface area contributed by atoms with Crippen molar-refractivity contribution in [2.75, 3.05) is 14.1 Å². The van der Waals surface area contributed by atoms with Gasteiger partial charge in [-0.25, -0.2) is 9.67 Å². The van der Waals surface area contributed by atoms with Crippen molar-refractivity contribution < 1.29 is 0 Å². The Balaban J connectivity index is 2.24. The van der Waals surface area contributed by atoms with Gasteiger partial charge >= 0.3 is 0 Å². The van der Waals surface area contributed by atoms with Gasteiger partial charge < -0.3 is 4.90 Å². The Morgan fingerprint density at radius 1 is 1.28 bits per heavy atom. The predicted molar refractivity (Wildman–Crippen MR) is 72.1 cm³/mol. The first kappa shape index (κ1) is 12.3. The summed E-state index contributed by atoms with van der Waals surface area (Å²) in [6, 6.07) is 10.2. The van der Waals surface area contributed by atoms with Crippen molar-refractivity contribution in [1.82, 2.24) is 19.9 Å². The lowest BCUT2D eigenvalue weighted by Gasteiger charge is -2.05. The van der Waals surface area contributed by atoms with Gasteiger partial charge in [0.2, 0.25) is 0 Å². The zero-order chi connectivity index (χ0) is 13.0. The Morgan fingerprint density at radius 3 is 2.67 bits per heavy atom. The van der Waals surface area contributed by atoms with E-state index < -0.39 is 0 Å². The maximum Gasteiger partial charge on any atom is 0.175 e. The number of aliphatic imine (C=N–C) groups is 1. The Bertz CT molecular complexity index is 528. The lowest BCUT2D eigenvalue weighted by molar-refractivity contribution is 0.634. The minimum Gasteiger partial charge on any atom is -0.369 e. The lowest BCUT2D eigenvalue weighted by atomic mass is 10.2. The van der Waals surface area contributed by atoms with E-state index in [-0.39, 0.29) is 0 Å². The van der Waals surface area contributed by atoms with Crippen LogP contribution in [0.4, 0.5) is 5.82 Å². The summed E-state index contributed by atoms with van der Waals surface area (Å²) in [7, 11) is 3.87. The molecule has 0 radical (unpaired) electrons. The topological polar surface area (TPSA) is 46.3 Å². The predicted octanol–water partition coefficient (Wildman–Crippen LogP) is 1.86. The number of aryl methyl sites for hydroxylation is 1. The number of hydrogen-bond donors (Lipinski definition) is 0. The van der Waals surface area contributed by atoms with Crippen molar-refractivity contribution in [2.24, 2.45) is 4.99 Å². The van der Waals surface area contributed by atoms with Crippen LogP contribution in [0, 0.1) is 6.92 Å². The van der Waals surface area contributed by atoms with E-state index in [1.165, 1.54) is 5.56 Å². The number of benzene rings is 1. The zero-order valence-corrected chi connectivity index (χ0v) is 10.9. The maximum absolute atomic E-state index is 4.40. The molecule has 0 aliphatic carbocycles. The van der Waals surface area contributed by atoms with Crippen LogP contribution in [0.15, 0.2) is 35.3 Å². The fraction of sp³-hybridized carbons (Fsp3) is 0.308. The van der Waals surface area contributed by atoms with Gasteiger partial charge in [-0.2, -0.15) is 0 Å². The van der Waals surface area contributed by atoms with Crippen LogP contribution in [0.3, 0.4) is 0 Å². The summed E-state index contributed by atoms with van der Waals surface area (Å²) in [5.41, 5.74) is 2.02. The molecular weight excluding hydrogens is 226 g/mol. The molecule has 0 unspecified atom stereocenters. The third-order valence-electron chi connectivity index (χ3n) is 2.46. The Morgan fingerprint density at radius 2 is 2.00 bits per heavy atom. The molecule has 0 atom stereocenters. The molecule has 1 heterocycles. The summed E-state index contributed by atoms with van der Waals surface area (Å²) >= 11 is 0. The molecule has 5 heteroatoms. The molecule has 2 aromatic rings. The Hall–Kier alpha value is -2.17. The van der Waals surface area contributed by atoms with E-state index in [9.17, 15) is 0 Å². The van der Waals surface area contributed by atoms with E-state index in [1.54, 1.807) is 6.34 Å². The molecule has 0 fully saturated rings. The summed E-state index contributed by atoms with van der Waals surface area (Å²) < 4.78 is 1.81. The lowest BCUT2D eigenvalue weighted by Crippen LogP contribution is -2.08. The molecule has 18 heavy (non-hydrogen) atoms. The average molecular weight is 243 g/mol. The van der Waals surface area contributed by atoms with Gasteiger partial charge in [0, 0.05) is 14.1 Å². The first-order chi connectivity index (χ1) is 8.66. The van der Waals surface area contributed by atoms with E-state index in [2.05, 4.69) is 27.4 Å². The van der Waals surface area contributed by atoms with E-state index in [1.807, 2.05) is 48.8 Å². The third-order valence-corrected chi connectivity index (χ3v) is 2.46. The first-order valence-corrected chi connectivity index (χ1v) is 5.81. The zero-order valence-electron chi connectivity index (χ0n) is 10.9. The SMILES string of the molecule is Cc1nnn(Cc2ccccc2)c1/N=C/N(C)C. The summed E-state index contributed by atoms with van der Waals surface area (Å²) in [6.07, 6.45) is 1.76. The summed E-state index contributed by atoms with van der Waals surface area (Å²) in [4.78, 5) is 6.29. The van der Waals surface area contributed by atoms with Crippen molar-refractivity contribution in [3.8, 4) is 0 Å². The molecule has 1 aromatic heterocycles. The van der Waals surface area contributed by atoms with E-state index in [0.717, 1.165) is 11.5 Å². The van der Waals surface area contributed by atoms with Crippen LogP contribution in [0.5, 0.6) is 0 Å². The highest BCUT2D eigenvalue weighted by molar-refractivity contribution is 5.59. The van der Waals surface area contributed by atoms with Crippen molar-refractivity contribution in [2.45, 2.75) is 13.5 Å². The van der Waals surface area contributed by atoms with Gasteiger partial charge in [-0.3, -0.25) is 0 Å². The van der Waals surface area contributed by atoms with Crippen LogP contribution in [-0.2, 0) is 6.54 Å². The number of nitrogens with zero attached hydrogens (tertiary/aromatic N) is 5. The molecule has 0 saturated heterocycles. The largest absolute Gasteiger partial charge is 0.369 e. The van der Waals surface area contributed by atoms with Crippen molar-refractivity contribution >= 4 is 12.2 Å². The van der Waals surface area contributed by atoms with Crippen LogP contribution >= 0.6 is 0 Å². The second kappa shape index (κ2) is 5.44. The summed E-state index contributed by atoms with van der Waals surface area (Å²) in [6.45, 7) is 2.60. The fourth-order valence-corrected chi connectivity index (χ4v) is 1.59. The Labute approximate surface area is 107 Å². The van der Waals surface area contributed by atoms with Gasteiger partial charge in [0.15, 0.2) is 5.82 Å². The smallest absolute Gasteiger partial charge is 0.175 e. The Kier molecular flexibility index (Phi) is 3.72. The van der Waals surface area contributed by atoms with E-state index >= 15 is 0 Å². The highest BCUT2D eigenvalue weighted by Crippen LogP contribution is 2.16. The highest BCUT2D eigenvalue weighted by Gasteiger charge is 2.07. The van der Waals surface area contributed by atoms with Crippen LogP contribution in [0.25, 0.3) is 0 Å². The molecule has 94 valence electrons. The van der Waals surface area contributed by atoms with Crippen LogP contribution in [0.2, 0.25) is 0 Å². The first-order valence-electron chi connectivity index (χ1n) is 5.81. The average Bonchev–Trinajstić information content (AvgIpc) is 2.69. The van der Waals surface area contributed by atoms with Crippen LogP contribution in [-0.4, -0.2) is 40.3 Å². The monoisotopic (exact) mass is 243 g/mol. The molecule has 0 N–H and O–H groups in total. The van der Waals surface area contributed by atoms with Gasteiger partial charge in [-0.05, 0) is 12.5 Å². The van der Waals surface area contributed by atoms with E-state index in [4.69, 9.17) is 0 Å². The summed E-state index contributed by atoms with van der Waals surface area (Å²) in [5, 5.41) is 8.19. The molecule has 0 aliphatic heterocycles. The van der Waals surface area contributed by atoms with Gasteiger partial charge in [0.05, 0.1) is 12.9 Å². The van der Waals surface area contributed by atoms with Crippen LogP contribution < -0.4 is 0 Å². The third kappa shape index (κ3) is 2.94. The molecule has 1 aromatic carbocycles. The minimum absolute atomic E-state index is 0.682.